The molecule has 1 aliphatic carbocycles. The number of nitrogen functional groups attached to an aromatic ring is 1. The average molecular weight is 191 g/mol. The van der Waals surface area contributed by atoms with Crippen molar-refractivity contribution in [2.45, 2.75) is 32.2 Å². The van der Waals surface area contributed by atoms with Gasteiger partial charge in [0.05, 0.1) is 0 Å². The number of nitrogens with zero attached hydrogens (tertiary/aromatic N) is 1. The lowest BCUT2D eigenvalue weighted by Crippen LogP contribution is -2.13. The van der Waals surface area contributed by atoms with Gasteiger partial charge in [0.2, 0.25) is 0 Å². The highest BCUT2D eigenvalue weighted by molar-refractivity contribution is 5.35. The summed E-state index contributed by atoms with van der Waals surface area (Å²) in [5, 5.41) is 0. The van der Waals surface area contributed by atoms with Gasteiger partial charge in [-0.1, -0.05) is 18.9 Å². The van der Waals surface area contributed by atoms with Crippen LogP contribution in [-0.2, 0) is 0 Å². The Kier molecular flexibility index (Phi) is 2.42. The lowest BCUT2D eigenvalue weighted by molar-refractivity contribution is 0.592. The van der Waals surface area contributed by atoms with Crippen molar-refractivity contribution in [2.24, 2.45) is 11.7 Å². The summed E-state index contributed by atoms with van der Waals surface area (Å²) in [7, 11) is 0. The average Bonchev–Trinajstić information content (AvgIpc) is 2.87. The number of aryl methyl sites for hydroxylation is 1. The molecule has 1 aromatic heterocycles. The van der Waals surface area contributed by atoms with Crippen molar-refractivity contribution >= 4 is 5.82 Å². The third-order valence-electron chi connectivity index (χ3n) is 2.83. The Hall–Kier alpha value is -1.09. The highest BCUT2D eigenvalue weighted by Crippen LogP contribution is 2.37. The maximum absolute atomic E-state index is 6.11. The van der Waals surface area contributed by atoms with Crippen LogP contribution in [-0.4, -0.2) is 4.98 Å². The van der Waals surface area contributed by atoms with E-state index in [1.165, 1.54) is 12.8 Å². The highest BCUT2D eigenvalue weighted by atomic mass is 14.8. The van der Waals surface area contributed by atoms with Gasteiger partial charge in [-0.3, -0.25) is 0 Å². The lowest BCUT2D eigenvalue weighted by atomic mass is 10.0. The maximum atomic E-state index is 6.11. The van der Waals surface area contributed by atoms with E-state index < -0.39 is 0 Å². The molecule has 1 aliphatic rings. The first kappa shape index (κ1) is 9.46. The summed E-state index contributed by atoms with van der Waals surface area (Å²) in [5.74, 6) is 1.42. The van der Waals surface area contributed by atoms with E-state index in [1.807, 2.05) is 19.1 Å². The highest BCUT2D eigenvalue weighted by Gasteiger charge is 2.25. The molecule has 3 heteroatoms. The van der Waals surface area contributed by atoms with Crippen LogP contribution < -0.4 is 11.5 Å². The molecule has 0 aliphatic heterocycles. The van der Waals surface area contributed by atoms with Crippen LogP contribution in [0.5, 0.6) is 0 Å². The molecule has 0 radical (unpaired) electrons. The van der Waals surface area contributed by atoms with Gasteiger partial charge >= 0.3 is 0 Å². The van der Waals surface area contributed by atoms with Crippen molar-refractivity contribution < 1.29 is 0 Å². The fourth-order valence-electron chi connectivity index (χ4n) is 1.82. The van der Waals surface area contributed by atoms with E-state index in [0.29, 0.717) is 5.82 Å². The molecular weight excluding hydrogens is 174 g/mol. The molecule has 2 rings (SSSR count). The number of nitrogens with two attached hydrogens (primary N) is 2. The topological polar surface area (TPSA) is 64.9 Å². The fourth-order valence-corrected chi connectivity index (χ4v) is 1.82. The predicted octanol–water partition coefficient (Wildman–Crippen LogP) is 1.77. The van der Waals surface area contributed by atoms with Crippen molar-refractivity contribution in [3.05, 3.63) is 23.4 Å². The molecule has 1 atom stereocenters. The van der Waals surface area contributed by atoms with Crippen LogP contribution in [0.2, 0.25) is 0 Å². The molecule has 1 unspecified atom stereocenters. The van der Waals surface area contributed by atoms with Gasteiger partial charge in [-0.05, 0) is 30.9 Å². The molecule has 0 aromatic carbocycles. The maximum Gasteiger partial charge on any atom is 0.123 e. The van der Waals surface area contributed by atoms with Gasteiger partial charge in [0, 0.05) is 11.7 Å². The first-order valence-electron chi connectivity index (χ1n) is 5.15. The quantitative estimate of drug-likeness (QED) is 0.765. The molecule has 0 amide bonds. The van der Waals surface area contributed by atoms with Gasteiger partial charge in [0.15, 0.2) is 0 Å². The summed E-state index contributed by atoms with van der Waals surface area (Å²) >= 11 is 0. The molecular formula is C11H17N3. The fraction of sp³-hybridized carbons (Fsp3) is 0.545. The van der Waals surface area contributed by atoms with Gasteiger partial charge < -0.3 is 11.5 Å². The number of rotatable bonds is 3. The number of anilines is 1. The summed E-state index contributed by atoms with van der Waals surface area (Å²) in [6.45, 7) is 1.97. The first-order chi connectivity index (χ1) is 6.66. The largest absolute Gasteiger partial charge is 0.384 e. The number of pyridine rings is 1. The number of aromatic nitrogens is 1. The van der Waals surface area contributed by atoms with E-state index >= 15 is 0 Å². The second-order valence-corrected chi connectivity index (χ2v) is 4.20. The van der Waals surface area contributed by atoms with E-state index in [1.54, 1.807) is 0 Å². The van der Waals surface area contributed by atoms with E-state index in [2.05, 4.69) is 4.98 Å². The second-order valence-electron chi connectivity index (χ2n) is 4.20. The number of hydrogen-bond acceptors (Lipinski definition) is 3. The molecule has 4 N–H and O–H groups in total. The van der Waals surface area contributed by atoms with Crippen LogP contribution in [0.4, 0.5) is 5.82 Å². The first-order valence-corrected chi connectivity index (χ1v) is 5.15. The van der Waals surface area contributed by atoms with Crippen molar-refractivity contribution in [3.63, 3.8) is 0 Å². The molecule has 14 heavy (non-hydrogen) atoms. The van der Waals surface area contributed by atoms with E-state index in [0.717, 1.165) is 23.6 Å². The minimum Gasteiger partial charge on any atom is -0.384 e. The standard InChI is InChI=1S/C11H17N3/c1-7-9(4-5-11(13)14-7)10(12)6-8-2-3-8/h4-5,8,10H,2-3,6,12H2,1H3,(H2,13,14). The van der Waals surface area contributed by atoms with Crippen LogP contribution in [0.25, 0.3) is 0 Å². The molecule has 1 fully saturated rings. The summed E-state index contributed by atoms with van der Waals surface area (Å²) in [5.41, 5.74) is 13.8. The Labute approximate surface area is 84.5 Å². The summed E-state index contributed by atoms with van der Waals surface area (Å²) in [4.78, 5) is 4.22. The Bertz CT molecular complexity index is 331. The van der Waals surface area contributed by atoms with Crippen molar-refractivity contribution in [1.29, 1.82) is 0 Å². The van der Waals surface area contributed by atoms with Crippen LogP contribution in [0.3, 0.4) is 0 Å². The second kappa shape index (κ2) is 3.58. The Morgan fingerprint density at radius 1 is 1.50 bits per heavy atom. The van der Waals surface area contributed by atoms with Crippen LogP contribution in [0, 0.1) is 12.8 Å². The molecule has 3 nitrogen and oxygen atoms in total. The summed E-state index contributed by atoms with van der Waals surface area (Å²) in [6.07, 6.45) is 3.77. The van der Waals surface area contributed by atoms with Gasteiger partial charge in [0.1, 0.15) is 5.82 Å². The van der Waals surface area contributed by atoms with Gasteiger partial charge in [-0.25, -0.2) is 4.98 Å². The zero-order valence-electron chi connectivity index (χ0n) is 8.53. The van der Waals surface area contributed by atoms with Gasteiger partial charge in [0.25, 0.3) is 0 Å². The third kappa shape index (κ3) is 2.04. The number of hydrogen-bond donors (Lipinski definition) is 2. The van der Waals surface area contributed by atoms with E-state index in [9.17, 15) is 0 Å². The van der Waals surface area contributed by atoms with Crippen LogP contribution in [0.15, 0.2) is 12.1 Å². The van der Waals surface area contributed by atoms with Crippen LogP contribution >= 0.6 is 0 Å². The SMILES string of the molecule is Cc1nc(N)ccc1C(N)CC1CC1. The van der Waals surface area contributed by atoms with Gasteiger partial charge in [-0.2, -0.15) is 0 Å². The van der Waals surface area contributed by atoms with Crippen molar-refractivity contribution in [2.75, 3.05) is 5.73 Å². The Morgan fingerprint density at radius 3 is 2.79 bits per heavy atom. The zero-order chi connectivity index (χ0) is 10.1. The summed E-state index contributed by atoms with van der Waals surface area (Å²) in [6, 6.07) is 3.97. The van der Waals surface area contributed by atoms with Crippen molar-refractivity contribution in [3.8, 4) is 0 Å². The minimum absolute atomic E-state index is 0.135. The smallest absolute Gasteiger partial charge is 0.123 e. The third-order valence-corrected chi connectivity index (χ3v) is 2.83. The molecule has 0 saturated heterocycles. The Balaban J connectivity index is 2.13. The molecule has 1 heterocycles. The van der Waals surface area contributed by atoms with E-state index in [-0.39, 0.29) is 6.04 Å². The lowest BCUT2D eigenvalue weighted by Gasteiger charge is -2.13. The molecule has 1 aromatic rings. The predicted molar refractivity (Wildman–Crippen MR) is 57.7 cm³/mol. The van der Waals surface area contributed by atoms with Crippen LogP contribution in [0.1, 0.15) is 36.6 Å². The Morgan fingerprint density at radius 2 is 2.21 bits per heavy atom. The minimum atomic E-state index is 0.135. The van der Waals surface area contributed by atoms with Crippen molar-refractivity contribution in [1.82, 2.24) is 4.98 Å². The monoisotopic (exact) mass is 191 g/mol. The van der Waals surface area contributed by atoms with E-state index in [4.69, 9.17) is 11.5 Å². The molecule has 1 saturated carbocycles. The molecule has 0 spiro atoms. The summed E-state index contributed by atoms with van der Waals surface area (Å²) < 4.78 is 0. The molecule has 76 valence electrons. The molecule has 0 bridgehead atoms. The van der Waals surface area contributed by atoms with Gasteiger partial charge in [-0.15, -0.1) is 0 Å². The normalized spacial score (nSPS) is 18.1. The zero-order valence-corrected chi connectivity index (χ0v) is 8.53.